The first-order valence-electron chi connectivity index (χ1n) is 8.80. The molecule has 2 amide bonds. The van der Waals surface area contributed by atoms with Crippen LogP contribution in [0.25, 0.3) is 0 Å². The summed E-state index contributed by atoms with van der Waals surface area (Å²) in [6, 6.07) is 17.8. The number of anilines is 1. The number of nitrogens with one attached hydrogen (secondary N) is 2. The van der Waals surface area contributed by atoms with E-state index in [2.05, 4.69) is 15.6 Å². The van der Waals surface area contributed by atoms with Crippen LogP contribution in [0.5, 0.6) is 0 Å². The number of hydrogen-bond donors (Lipinski definition) is 2. The van der Waals surface area contributed by atoms with Gasteiger partial charge in [-0.1, -0.05) is 35.9 Å². The van der Waals surface area contributed by atoms with Crippen LogP contribution in [-0.4, -0.2) is 16.8 Å². The molecule has 142 valence electrons. The highest BCUT2D eigenvalue weighted by molar-refractivity contribution is 6.30. The highest BCUT2D eigenvalue weighted by atomic mass is 35.5. The number of benzene rings is 2. The third-order valence-corrected chi connectivity index (χ3v) is 4.31. The van der Waals surface area contributed by atoms with Gasteiger partial charge in [0.05, 0.1) is 0 Å². The molecule has 0 saturated carbocycles. The molecule has 0 bridgehead atoms. The van der Waals surface area contributed by atoms with Gasteiger partial charge in [-0.2, -0.15) is 0 Å². The van der Waals surface area contributed by atoms with Crippen LogP contribution < -0.4 is 10.6 Å². The molecule has 0 unspecified atom stereocenters. The van der Waals surface area contributed by atoms with Crippen molar-refractivity contribution in [3.05, 3.63) is 93.8 Å². The Balaban J connectivity index is 1.67. The number of halogens is 1. The summed E-state index contributed by atoms with van der Waals surface area (Å²) in [5.74, 6) is -0.714. The molecule has 5 nitrogen and oxygen atoms in total. The largest absolute Gasteiger partial charge is 0.347 e. The predicted octanol–water partition coefficient (Wildman–Crippen LogP) is 4.53. The molecule has 0 fully saturated rings. The minimum Gasteiger partial charge on any atom is -0.347 e. The Kier molecular flexibility index (Phi) is 6.06. The fraction of sp³-hybridized carbons (Fsp3) is 0.136. The van der Waals surface area contributed by atoms with Gasteiger partial charge in [-0.05, 0) is 66.9 Å². The molecule has 6 heteroatoms. The summed E-state index contributed by atoms with van der Waals surface area (Å²) < 4.78 is 0. The SMILES string of the molecule is Cc1cc(C)cc(NC(=O)c2cccc(C(=O)NCc3ccc(Cl)cc3)n2)c1. The first kappa shape index (κ1) is 19.6. The maximum Gasteiger partial charge on any atom is 0.274 e. The lowest BCUT2D eigenvalue weighted by Crippen LogP contribution is -2.25. The van der Waals surface area contributed by atoms with Crippen LogP contribution in [0.4, 0.5) is 5.69 Å². The Morgan fingerprint density at radius 3 is 2.14 bits per heavy atom. The highest BCUT2D eigenvalue weighted by Crippen LogP contribution is 2.15. The Morgan fingerprint density at radius 1 is 0.893 bits per heavy atom. The van der Waals surface area contributed by atoms with Gasteiger partial charge in [0, 0.05) is 17.3 Å². The van der Waals surface area contributed by atoms with E-state index in [9.17, 15) is 9.59 Å². The van der Waals surface area contributed by atoms with E-state index in [0.29, 0.717) is 17.3 Å². The molecule has 2 N–H and O–H groups in total. The minimum atomic E-state index is -0.364. The van der Waals surface area contributed by atoms with Gasteiger partial charge in [0.15, 0.2) is 0 Å². The second-order valence-corrected chi connectivity index (χ2v) is 6.98. The number of amides is 2. The molecule has 28 heavy (non-hydrogen) atoms. The predicted molar refractivity (Wildman–Crippen MR) is 111 cm³/mol. The highest BCUT2D eigenvalue weighted by Gasteiger charge is 2.13. The molecule has 0 radical (unpaired) electrons. The smallest absolute Gasteiger partial charge is 0.274 e. The van der Waals surface area contributed by atoms with Gasteiger partial charge >= 0.3 is 0 Å². The van der Waals surface area contributed by atoms with Crippen LogP contribution in [0, 0.1) is 13.8 Å². The van der Waals surface area contributed by atoms with Crippen molar-refractivity contribution in [2.45, 2.75) is 20.4 Å². The number of hydrogen-bond acceptors (Lipinski definition) is 3. The van der Waals surface area contributed by atoms with Crippen LogP contribution in [0.3, 0.4) is 0 Å². The number of pyridine rings is 1. The van der Waals surface area contributed by atoms with Crippen molar-refractivity contribution in [1.82, 2.24) is 10.3 Å². The molecule has 3 aromatic rings. The number of nitrogens with zero attached hydrogens (tertiary/aromatic N) is 1. The van der Waals surface area contributed by atoms with E-state index in [1.165, 1.54) is 0 Å². The van der Waals surface area contributed by atoms with E-state index in [-0.39, 0.29) is 23.2 Å². The van der Waals surface area contributed by atoms with Gasteiger partial charge in [-0.25, -0.2) is 4.98 Å². The fourth-order valence-electron chi connectivity index (χ4n) is 2.80. The Hall–Kier alpha value is -3.18. The number of aryl methyl sites for hydroxylation is 2. The van der Waals surface area contributed by atoms with E-state index < -0.39 is 0 Å². The van der Waals surface area contributed by atoms with Crippen molar-refractivity contribution in [3.63, 3.8) is 0 Å². The topological polar surface area (TPSA) is 71.1 Å². The summed E-state index contributed by atoms with van der Waals surface area (Å²) in [6.45, 7) is 4.27. The Morgan fingerprint density at radius 2 is 1.50 bits per heavy atom. The second-order valence-electron chi connectivity index (χ2n) is 6.55. The molecular formula is C22H20ClN3O2. The molecule has 0 aliphatic rings. The molecule has 1 heterocycles. The quantitative estimate of drug-likeness (QED) is 0.668. The molecule has 0 spiro atoms. The molecule has 3 rings (SSSR count). The lowest BCUT2D eigenvalue weighted by atomic mass is 10.1. The summed E-state index contributed by atoms with van der Waals surface area (Å²) in [5, 5.41) is 6.25. The average Bonchev–Trinajstić information content (AvgIpc) is 2.66. The van der Waals surface area contributed by atoms with Crippen LogP contribution in [0.15, 0.2) is 60.7 Å². The summed E-state index contributed by atoms with van der Waals surface area (Å²) in [7, 11) is 0. The molecule has 1 aromatic heterocycles. The number of rotatable bonds is 5. The molecule has 0 atom stereocenters. The zero-order valence-corrected chi connectivity index (χ0v) is 16.4. The van der Waals surface area contributed by atoms with Gasteiger partial charge in [-0.3, -0.25) is 9.59 Å². The van der Waals surface area contributed by atoms with Gasteiger partial charge in [0.2, 0.25) is 0 Å². The third-order valence-electron chi connectivity index (χ3n) is 4.06. The molecular weight excluding hydrogens is 374 g/mol. The van der Waals surface area contributed by atoms with Crippen LogP contribution in [-0.2, 0) is 6.54 Å². The maximum atomic E-state index is 12.5. The van der Waals surface area contributed by atoms with Crippen LogP contribution in [0.1, 0.15) is 37.7 Å². The zero-order valence-electron chi connectivity index (χ0n) is 15.6. The van der Waals surface area contributed by atoms with Gasteiger partial charge in [0.25, 0.3) is 11.8 Å². The lowest BCUT2D eigenvalue weighted by molar-refractivity contribution is 0.0945. The Bertz CT molecular complexity index is 996. The van der Waals surface area contributed by atoms with Crippen LogP contribution in [0.2, 0.25) is 5.02 Å². The van der Waals surface area contributed by atoms with Crippen LogP contribution >= 0.6 is 11.6 Å². The first-order chi connectivity index (χ1) is 13.4. The van der Waals surface area contributed by atoms with Crippen molar-refractivity contribution >= 4 is 29.1 Å². The van der Waals surface area contributed by atoms with Crippen molar-refractivity contribution in [1.29, 1.82) is 0 Å². The number of carbonyl (C=O) groups is 2. The normalized spacial score (nSPS) is 10.4. The lowest BCUT2D eigenvalue weighted by Gasteiger charge is -2.09. The first-order valence-corrected chi connectivity index (χ1v) is 9.18. The second kappa shape index (κ2) is 8.67. The molecule has 0 aliphatic heterocycles. The Labute approximate surface area is 168 Å². The minimum absolute atomic E-state index is 0.179. The van der Waals surface area contributed by atoms with E-state index in [1.54, 1.807) is 30.3 Å². The maximum absolute atomic E-state index is 12.5. The van der Waals surface area contributed by atoms with Crippen molar-refractivity contribution in [3.8, 4) is 0 Å². The average molecular weight is 394 g/mol. The standard InChI is InChI=1S/C22H20ClN3O2/c1-14-10-15(2)12-18(11-14)25-22(28)20-5-3-4-19(26-20)21(27)24-13-16-6-8-17(23)9-7-16/h3-12H,13H2,1-2H3,(H,24,27)(H,25,28). The summed E-state index contributed by atoms with van der Waals surface area (Å²) in [4.78, 5) is 29.1. The molecule has 0 aliphatic carbocycles. The van der Waals surface area contributed by atoms with Gasteiger partial charge < -0.3 is 10.6 Å². The van der Waals surface area contributed by atoms with Crippen molar-refractivity contribution in [2.75, 3.05) is 5.32 Å². The molecule has 0 saturated heterocycles. The third kappa shape index (κ3) is 5.18. The van der Waals surface area contributed by atoms with Crippen molar-refractivity contribution in [2.24, 2.45) is 0 Å². The van der Waals surface area contributed by atoms with E-state index in [1.807, 2.05) is 44.2 Å². The fourth-order valence-corrected chi connectivity index (χ4v) is 2.93. The van der Waals surface area contributed by atoms with E-state index in [4.69, 9.17) is 11.6 Å². The zero-order chi connectivity index (χ0) is 20.1. The number of carbonyl (C=O) groups excluding carboxylic acids is 2. The monoisotopic (exact) mass is 393 g/mol. The summed E-state index contributed by atoms with van der Waals surface area (Å²) >= 11 is 5.86. The molecule has 2 aromatic carbocycles. The van der Waals surface area contributed by atoms with Gasteiger partial charge in [0.1, 0.15) is 11.4 Å². The summed E-state index contributed by atoms with van der Waals surface area (Å²) in [6.07, 6.45) is 0. The van der Waals surface area contributed by atoms with E-state index in [0.717, 1.165) is 16.7 Å². The van der Waals surface area contributed by atoms with Crippen molar-refractivity contribution < 1.29 is 9.59 Å². The van der Waals surface area contributed by atoms with E-state index >= 15 is 0 Å². The summed E-state index contributed by atoms with van der Waals surface area (Å²) in [5.41, 5.74) is 4.08. The number of aromatic nitrogens is 1. The van der Waals surface area contributed by atoms with Gasteiger partial charge in [-0.15, -0.1) is 0 Å².